The van der Waals surface area contributed by atoms with Crippen LogP contribution in [-0.2, 0) is 11.3 Å². The van der Waals surface area contributed by atoms with E-state index in [1.54, 1.807) is 6.07 Å². The maximum atomic E-state index is 5.70. The lowest BCUT2D eigenvalue weighted by molar-refractivity contribution is 0.0233. The van der Waals surface area contributed by atoms with Crippen molar-refractivity contribution >= 4 is 24.0 Å². The van der Waals surface area contributed by atoms with Gasteiger partial charge in [-0.25, -0.2) is 0 Å². The van der Waals surface area contributed by atoms with Crippen LogP contribution in [0, 0.1) is 0 Å². The lowest BCUT2D eigenvalue weighted by atomic mass is 10.1. The molecule has 0 saturated carbocycles. The first-order chi connectivity index (χ1) is 7.34. The van der Waals surface area contributed by atoms with Gasteiger partial charge in [-0.05, 0) is 31.5 Å². The van der Waals surface area contributed by atoms with Gasteiger partial charge in [0.25, 0.3) is 0 Å². The number of halogens is 2. The van der Waals surface area contributed by atoms with Gasteiger partial charge in [0.1, 0.15) is 0 Å². The van der Waals surface area contributed by atoms with Crippen molar-refractivity contribution in [2.24, 2.45) is 0 Å². The zero-order valence-electron chi connectivity index (χ0n) is 8.86. The van der Waals surface area contributed by atoms with Crippen LogP contribution in [0.5, 0.6) is 0 Å². The summed E-state index contributed by atoms with van der Waals surface area (Å²) in [6.07, 6.45) is 2.60. The summed E-state index contributed by atoms with van der Waals surface area (Å²) in [6, 6.07) is 3.57. The van der Waals surface area contributed by atoms with E-state index in [-0.39, 0.29) is 12.4 Å². The number of aromatic nitrogens is 2. The van der Waals surface area contributed by atoms with E-state index in [1.807, 2.05) is 6.07 Å². The maximum Gasteiger partial charge on any atom is 0.151 e. The van der Waals surface area contributed by atoms with Gasteiger partial charge in [0, 0.05) is 6.54 Å². The lowest BCUT2D eigenvalue weighted by Gasteiger charge is -2.22. The SMILES string of the molecule is Cl.Clc1ccc(CO[C@H]2CCCNC2)nn1. The molecule has 2 heterocycles. The molecular formula is C10H15Cl2N3O. The summed E-state index contributed by atoms with van der Waals surface area (Å²) >= 11 is 5.64. The summed E-state index contributed by atoms with van der Waals surface area (Å²) in [4.78, 5) is 0. The summed E-state index contributed by atoms with van der Waals surface area (Å²) in [5.74, 6) is 0. The average molecular weight is 264 g/mol. The predicted molar refractivity (Wildman–Crippen MR) is 65.0 cm³/mol. The molecule has 1 aliphatic rings. The van der Waals surface area contributed by atoms with Crippen molar-refractivity contribution in [1.29, 1.82) is 0 Å². The second kappa shape index (κ2) is 7.01. The zero-order chi connectivity index (χ0) is 10.5. The van der Waals surface area contributed by atoms with Crippen molar-refractivity contribution in [3.8, 4) is 0 Å². The smallest absolute Gasteiger partial charge is 0.151 e. The van der Waals surface area contributed by atoms with Gasteiger partial charge in [-0.3, -0.25) is 0 Å². The minimum atomic E-state index is 0. The Morgan fingerprint density at radius 3 is 2.94 bits per heavy atom. The molecular weight excluding hydrogens is 249 g/mol. The van der Waals surface area contributed by atoms with Crippen LogP contribution in [0.1, 0.15) is 18.5 Å². The minimum absolute atomic E-state index is 0. The summed E-state index contributed by atoms with van der Waals surface area (Å²) in [7, 11) is 0. The fourth-order valence-corrected chi connectivity index (χ4v) is 1.69. The summed E-state index contributed by atoms with van der Waals surface area (Å²) in [5.41, 5.74) is 0.824. The Balaban J connectivity index is 0.00000128. The molecule has 0 aliphatic carbocycles. The molecule has 2 rings (SSSR count). The zero-order valence-corrected chi connectivity index (χ0v) is 10.4. The van der Waals surface area contributed by atoms with Crippen LogP contribution >= 0.6 is 24.0 Å². The first-order valence-corrected chi connectivity index (χ1v) is 5.53. The highest BCUT2D eigenvalue weighted by Gasteiger charge is 2.13. The standard InChI is InChI=1S/C10H14ClN3O.ClH/c11-10-4-3-8(13-14-10)7-15-9-2-1-5-12-6-9;/h3-4,9,12H,1-2,5-7H2;1H/t9-;/m0./s1. The number of nitrogens with zero attached hydrogens (tertiary/aromatic N) is 2. The molecule has 4 nitrogen and oxygen atoms in total. The lowest BCUT2D eigenvalue weighted by Crippen LogP contribution is -2.35. The number of ether oxygens (including phenoxy) is 1. The normalized spacial score (nSPS) is 20.2. The van der Waals surface area contributed by atoms with E-state index in [0.29, 0.717) is 17.9 Å². The minimum Gasteiger partial charge on any atom is -0.371 e. The van der Waals surface area contributed by atoms with Crippen molar-refractivity contribution in [2.45, 2.75) is 25.6 Å². The van der Waals surface area contributed by atoms with Gasteiger partial charge in [0.05, 0.1) is 18.4 Å². The Bertz CT molecular complexity index is 301. The molecule has 1 aromatic heterocycles. The highest BCUT2D eigenvalue weighted by molar-refractivity contribution is 6.29. The van der Waals surface area contributed by atoms with Gasteiger partial charge in [-0.1, -0.05) is 11.6 Å². The van der Waals surface area contributed by atoms with E-state index in [4.69, 9.17) is 16.3 Å². The molecule has 1 aliphatic heterocycles. The van der Waals surface area contributed by atoms with E-state index in [1.165, 1.54) is 6.42 Å². The fraction of sp³-hybridized carbons (Fsp3) is 0.600. The molecule has 1 N–H and O–H groups in total. The molecule has 1 atom stereocenters. The molecule has 1 fully saturated rings. The Morgan fingerprint density at radius 2 is 2.31 bits per heavy atom. The quantitative estimate of drug-likeness (QED) is 0.904. The highest BCUT2D eigenvalue weighted by Crippen LogP contribution is 2.09. The van der Waals surface area contributed by atoms with Crippen LogP contribution in [0.25, 0.3) is 0 Å². The molecule has 0 radical (unpaired) electrons. The highest BCUT2D eigenvalue weighted by atomic mass is 35.5. The third-order valence-corrected chi connectivity index (χ3v) is 2.61. The second-order valence-electron chi connectivity index (χ2n) is 3.63. The van der Waals surface area contributed by atoms with Gasteiger partial charge in [-0.2, -0.15) is 5.10 Å². The van der Waals surface area contributed by atoms with E-state index in [2.05, 4.69) is 15.5 Å². The van der Waals surface area contributed by atoms with E-state index in [0.717, 1.165) is 25.2 Å². The van der Waals surface area contributed by atoms with Crippen LogP contribution in [0.3, 0.4) is 0 Å². The first-order valence-electron chi connectivity index (χ1n) is 5.15. The summed E-state index contributed by atoms with van der Waals surface area (Å²) in [5, 5.41) is 11.4. The molecule has 1 saturated heterocycles. The van der Waals surface area contributed by atoms with E-state index >= 15 is 0 Å². The Labute approximate surface area is 106 Å². The molecule has 1 aromatic rings. The van der Waals surface area contributed by atoms with E-state index < -0.39 is 0 Å². The number of hydrogen-bond acceptors (Lipinski definition) is 4. The first kappa shape index (κ1) is 13.6. The van der Waals surface area contributed by atoms with Gasteiger partial charge in [0.2, 0.25) is 0 Å². The third-order valence-electron chi connectivity index (χ3n) is 2.41. The van der Waals surface area contributed by atoms with Crippen molar-refractivity contribution in [3.05, 3.63) is 23.0 Å². The average Bonchev–Trinajstić information content (AvgIpc) is 2.30. The molecule has 0 bridgehead atoms. The van der Waals surface area contributed by atoms with Crippen LogP contribution in [0.4, 0.5) is 0 Å². The maximum absolute atomic E-state index is 5.70. The van der Waals surface area contributed by atoms with Crippen LogP contribution in [0.15, 0.2) is 12.1 Å². The third kappa shape index (κ3) is 4.22. The number of hydrogen-bond donors (Lipinski definition) is 1. The van der Waals surface area contributed by atoms with Gasteiger partial charge >= 0.3 is 0 Å². The second-order valence-corrected chi connectivity index (χ2v) is 4.01. The largest absolute Gasteiger partial charge is 0.371 e. The molecule has 16 heavy (non-hydrogen) atoms. The number of piperidine rings is 1. The summed E-state index contributed by atoms with van der Waals surface area (Å²) in [6.45, 7) is 2.54. The van der Waals surface area contributed by atoms with Gasteiger partial charge < -0.3 is 10.1 Å². The van der Waals surface area contributed by atoms with Crippen molar-refractivity contribution in [2.75, 3.05) is 13.1 Å². The Kier molecular flexibility index (Phi) is 5.98. The monoisotopic (exact) mass is 263 g/mol. The number of nitrogens with one attached hydrogen (secondary N) is 1. The Morgan fingerprint density at radius 1 is 1.44 bits per heavy atom. The number of rotatable bonds is 3. The molecule has 6 heteroatoms. The molecule has 0 aromatic carbocycles. The van der Waals surface area contributed by atoms with Crippen molar-refractivity contribution in [3.63, 3.8) is 0 Å². The van der Waals surface area contributed by atoms with Crippen LogP contribution in [0.2, 0.25) is 5.15 Å². The topological polar surface area (TPSA) is 47.0 Å². The molecule has 0 spiro atoms. The van der Waals surface area contributed by atoms with Crippen molar-refractivity contribution < 1.29 is 4.74 Å². The fourth-order valence-electron chi connectivity index (χ4n) is 1.59. The molecule has 0 amide bonds. The van der Waals surface area contributed by atoms with E-state index in [9.17, 15) is 0 Å². The molecule has 90 valence electrons. The van der Waals surface area contributed by atoms with Crippen LogP contribution in [-0.4, -0.2) is 29.4 Å². The van der Waals surface area contributed by atoms with Gasteiger partial charge in [0.15, 0.2) is 5.15 Å². The Hall–Kier alpha value is -0.420. The van der Waals surface area contributed by atoms with Gasteiger partial charge in [-0.15, -0.1) is 17.5 Å². The predicted octanol–water partition coefficient (Wildman–Crippen LogP) is 1.82. The summed E-state index contributed by atoms with van der Waals surface area (Å²) < 4.78 is 5.70. The molecule has 0 unspecified atom stereocenters. The van der Waals surface area contributed by atoms with Crippen LogP contribution < -0.4 is 5.32 Å². The van der Waals surface area contributed by atoms with Crippen molar-refractivity contribution in [1.82, 2.24) is 15.5 Å².